The van der Waals surface area contributed by atoms with Crippen LogP contribution in [0, 0.1) is 5.92 Å². The molecule has 0 bridgehead atoms. The number of nitrogens with one attached hydrogen (secondary N) is 3. The third-order valence-electron chi connectivity index (χ3n) is 4.79. The average Bonchev–Trinajstić information content (AvgIpc) is 2.75. The number of carboxylic acid groups (broad SMARTS) is 2. The molecule has 14 nitrogen and oxygen atoms in total. The van der Waals surface area contributed by atoms with Gasteiger partial charge in [0, 0.05) is 6.54 Å². The molecule has 15 heteroatoms. The number of carbonyl (C=O) groups excluding carboxylic acids is 3. The van der Waals surface area contributed by atoms with Crippen LogP contribution in [-0.2, 0) is 24.0 Å². The Labute approximate surface area is 208 Å². The van der Waals surface area contributed by atoms with E-state index in [1.165, 1.54) is 11.8 Å². The number of hydrogen-bond donors (Lipinski definition) is 8. The fourth-order valence-electron chi connectivity index (χ4n) is 2.85. The number of nitrogens with two attached hydrogens (primary N) is 3. The van der Waals surface area contributed by atoms with Gasteiger partial charge in [-0.05, 0) is 37.2 Å². The molecular formula is C20H37N7O7S. The van der Waals surface area contributed by atoms with Gasteiger partial charge in [0.2, 0.25) is 17.7 Å². The zero-order valence-electron chi connectivity index (χ0n) is 20.2. The standard InChI is InChI=1S/C20H37N7O7S/c1-10(2)15(19(33)34)27-18(32)13(9-14(28)29)26-17(31)12(5-4-7-24-20(22)23)25-16(30)11(21)6-8-35-3/h10-13,15H,4-9,21H2,1-3H3,(H,25,30)(H,26,31)(H,27,32)(H,28,29)(H,33,34)(H4,22,23,24). The summed E-state index contributed by atoms with van der Waals surface area (Å²) in [5.74, 6) is -5.13. The van der Waals surface area contributed by atoms with Gasteiger partial charge in [-0.3, -0.25) is 24.2 Å². The van der Waals surface area contributed by atoms with Gasteiger partial charge in [-0.15, -0.1) is 0 Å². The Morgan fingerprint density at radius 2 is 1.49 bits per heavy atom. The smallest absolute Gasteiger partial charge is 0.326 e. The predicted octanol–water partition coefficient (Wildman–Crippen LogP) is -2.21. The monoisotopic (exact) mass is 519 g/mol. The first-order chi connectivity index (χ1) is 16.3. The van der Waals surface area contributed by atoms with Crippen LogP contribution in [0.3, 0.4) is 0 Å². The van der Waals surface area contributed by atoms with Gasteiger partial charge in [-0.25, -0.2) is 4.79 Å². The lowest BCUT2D eigenvalue weighted by atomic mass is 10.0. The van der Waals surface area contributed by atoms with E-state index in [0.717, 1.165) is 0 Å². The molecule has 0 aromatic carbocycles. The van der Waals surface area contributed by atoms with E-state index >= 15 is 0 Å². The molecule has 0 saturated heterocycles. The van der Waals surface area contributed by atoms with Crippen molar-refractivity contribution < 1.29 is 34.2 Å². The fraction of sp³-hybridized carbons (Fsp3) is 0.700. The first-order valence-electron chi connectivity index (χ1n) is 11.0. The molecule has 0 radical (unpaired) electrons. The van der Waals surface area contributed by atoms with Crippen molar-refractivity contribution in [3.05, 3.63) is 0 Å². The maximum atomic E-state index is 12.9. The summed E-state index contributed by atoms with van der Waals surface area (Å²) in [5.41, 5.74) is 16.4. The Hall–Kier alpha value is -3.07. The van der Waals surface area contributed by atoms with Gasteiger partial charge in [-0.1, -0.05) is 13.8 Å². The topological polar surface area (TPSA) is 252 Å². The molecule has 0 aromatic heterocycles. The van der Waals surface area contributed by atoms with Crippen molar-refractivity contribution in [3.63, 3.8) is 0 Å². The quantitative estimate of drug-likeness (QED) is 0.0580. The molecule has 0 heterocycles. The molecule has 0 spiro atoms. The summed E-state index contributed by atoms with van der Waals surface area (Å²) in [5, 5.41) is 25.5. The number of guanidine groups is 1. The first kappa shape index (κ1) is 31.9. The molecule has 4 atom stereocenters. The second kappa shape index (κ2) is 16.5. The summed E-state index contributed by atoms with van der Waals surface area (Å²) in [4.78, 5) is 64.5. The highest BCUT2D eigenvalue weighted by molar-refractivity contribution is 7.98. The molecule has 200 valence electrons. The van der Waals surface area contributed by atoms with E-state index in [1.54, 1.807) is 13.8 Å². The summed E-state index contributed by atoms with van der Waals surface area (Å²) < 4.78 is 0. The van der Waals surface area contributed by atoms with Crippen molar-refractivity contribution in [1.29, 1.82) is 0 Å². The number of amides is 3. The van der Waals surface area contributed by atoms with Crippen LogP contribution >= 0.6 is 11.8 Å². The zero-order chi connectivity index (χ0) is 27.1. The van der Waals surface area contributed by atoms with Crippen LogP contribution in [0.15, 0.2) is 4.99 Å². The van der Waals surface area contributed by atoms with E-state index in [0.29, 0.717) is 12.2 Å². The van der Waals surface area contributed by atoms with E-state index < -0.39 is 66.2 Å². The third kappa shape index (κ3) is 13.4. The molecule has 0 aliphatic heterocycles. The number of hydrogen-bond acceptors (Lipinski definition) is 8. The highest BCUT2D eigenvalue weighted by atomic mass is 32.2. The average molecular weight is 520 g/mol. The Kier molecular flexibility index (Phi) is 15.1. The van der Waals surface area contributed by atoms with E-state index in [2.05, 4.69) is 20.9 Å². The van der Waals surface area contributed by atoms with Gasteiger partial charge in [0.15, 0.2) is 5.96 Å². The minimum atomic E-state index is -1.58. The van der Waals surface area contributed by atoms with Gasteiger partial charge in [-0.2, -0.15) is 11.8 Å². The maximum absolute atomic E-state index is 12.9. The molecule has 0 saturated carbocycles. The van der Waals surface area contributed by atoms with Crippen LogP contribution in [0.25, 0.3) is 0 Å². The lowest BCUT2D eigenvalue weighted by Gasteiger charge is -2.25. The molecule has 3 amide bonds. The Balaban J connectivity index is 5.58. The number of aliphatic imine (C=N–C) groups is 1. The van der Waals surface area contributed by atoms with Gasteiger partial charge in [0.1, 0.15) is 18.1 Å². The molecule has 0 rings (SSSR count). The molecule has 0 aliphatic carbocycles. The van der Waals surface area contributed by atoms with Crippen LogP contribution in [0.4, 0.5) is 0 Å². The summed E-state index contributed by atoms with van der Waals surface area (Å²) in [7, 11) is 0. The number of aliphatic carboxylic acids is 2. The summed E-state index contributed by atoms with van der Waals surface area (Å²) in [6, 6.07) is -4.92. The van der Waals surface area contributed by atoms with Gasteiger partial charge in [0.05, 0.1) is 12.5 Å². The summed E-state index contributed by atoms with van der Waals surface area (Å²) in [6.07, 6.45) is 1.76. The Morgan fingerprint density at radius 1 is 0.914 bits per heavy atom. The van der Waals surface area contributed by atoms with Crippen LogP contribution in [-0.4, -0.2) is 88.6 Å². The van der Waals surface area contributed by atoms with Gasteiger partial charge in [0.25, 0.3) is 0 Å². The van der Waals surface area contributed by atoms with Crippen LogP contribution in [0.1, 0.15) is 39.5 Å². The van der Waals surface area contributed by atoms with Gasteiger partial charge >= 0.3 is 11.9 Å². The largest absolute Gasteiger partial charge is 0.481 e. The van der Waals surface area contributed by atoms with Crippen molar-refractivity contribution in [2.75, 3.05) is 18.6 Å². The molecule has 0 aromatic rings. The van der Waals surface area contributed by atoms with E-state index in [9.17, 15) is 34.2 Å². The van der Waals surface area contributed by atoms with Crippen molar-refractivity contribution in [2.24, 2.45) is 28.1 Å². The van der Waals surface area contributed by atoms with Crippen LogP contribution in [0.5, 0.6) is 0 Å². The first-order valence-corrected chi connectivity index (χ1v) is 12.3. The molecule has 0 aliphatic rings. The lowest BCUT2D eigenvalue weighted by molar-refractivity contribution is -0.144. The SMILES string of the molecule is CSCCC(N)C(=O)NC(CCCN=C(N)N)C(=O)NC(CC(=O)O)C(=O)NC(C(=O)O)C(C)C. The van der Waals surface area contributed by atoms with Crippen molar-refractivity contribution in [2.45, 2.75) is 63.7 Å². The fourth-order valence-corrected chi connectivity index (χ4v) is 3.34. The Bertz CT molecular complexity index is 775. The van der Waals surface area contributed by atoms with E-state index in [-0.39, 0.29) is 25.3 Å². The molecular weight excluding hydrogens is 482 g/mol. The highest BCUT2D eigenvalue weighted by Crippen LogP contribution is 2.06. The minimum absolute atomic E-state index is 0.0642. The number of rotatable bonds is 17. The van der Waals surface area contributed by atoms with Crippen LogP contribution < -0.4 is 33.2 Å². The lowest BCUT2D eigenvalue weighted by Crippen LogP contribution is -2.58. The number of thioether (sulfide) groups is 1. The highest BCUT2D eigenvalue weighted by Gasteiger charge is 2.32. The summed E-state index contributed by atoms with van der Waals surface area (Å²) >= 11 is 1.50. The summed E-state index contributed by atoms with van der Waals surface area (Å²) in [6.45, 7) is 3.28. The molecule has 0 fully saturated rings. The third-order valence-corrected chi connectivity index (χ3v) is 5.43. The second-order valence-corrected chi connectivity index (χ2v) is 9.11. The number of carbonyl (C=O) groups is 5. The molecule has 35 heavy (non-hydrogen) atoms. The van der Waals surface area contributed by atoms with Crippen LogP contribution in [0.2, 0.25) is 0 Å². The normalized spacial score (nSPS) is 14.2. The van der Waals surface area contributed by atoms with E-state index in [4.69, 9.17) is 17.2 Å². The van der Waals surface area contributed by atoms with Crippen molar-refractivity contribution >= 4 is 47.4 Å². The molecule has 11 N–H and O–H groups in total. The Morgan fingerprint density at radius 3 is 1.97 bits per heavy atom. The van der Waals surface area contributed by atoms with Crippen molar-refractivity contribution in [3.8, 4) is 0 Å². The second-order valence-electron chi connectivity index (χ2n) is 8.13. The molecule has 4 unspecified atom stereocenters. The number of nitrogens with zero attached hydrogens (tertiary/aromatic N) is 1. The van der Waals surface area contributed by atoms with Gasteiger partial charge < -0.3 is 43.4 Å². The zero-order valence-corrected chi connectivity index (χ0v) is 21.0. The van der Waals surface area contributed by atoms with E-state index in [1.807, 2.05) is 6.26 Å². The predicted molar refractivity (Wildman–Crippen MR) is 131 cm³/mol. The van der Waals surface area contributed by atoms with Crippen molar-refractivity contribution in [1.82, 2.24) is 16.0 Å². The minimum Gasteiger partial charge on any atom is -0.481 e. The number of carboxylic acids is 2. The maximum Gasteiger partial charge on any atom is 0.326 e.